The Morgan fingerprint density at radius 1 is 1.37 bits per heavy atom. The summed E-state index contributed by atoms with van der Waals surface area (Å²) in [7, 11) is -3.80. The molecule has 0 radical (unpaired) electrons. The van der Waals surface area contributed by atoms with Gasteiger partial charge in [0.25, 0.3) is 0 Å². The van der Waals surface area contributed by atoms with Gasteiger partial charge in [-0.15, -0.1) is 0 Å². The Balaban J connectivity index is 2.57. The molecule has 1 aromatic rings. The number of carbonyl (C=O) groups excluding carboxylic acids is 1. The predicted molar refractivity (Wildman–Crippen MR) is 72.5 cm³/mol. The van der Waals surface area contributed by atoms with Gasteiger partial charge in [0.05, 0.1) is 11.6 Å². The molecule has 1 rings (SSSR count). The summed E-state index contributed by atoms with van der Waals surface area (Å²) < 4.78 is 30.8. The highest BCUT2D eigenvalue weighted by molar-refractivity contribution is 7.89. The second-order valence-corrected chi connectivity index (χ2v) is 5.97. The van der Waals surface area contributed by atoms with Crippen molar-refractivity contribution < 1.29 is 17.9 Å². The predicted octanol–water partition coefficient (Wildman–Crippen LogP) is 1.96. The van der Waals surface area contributed by atoms with E-state index in [1.807, 2.05) is 6.92 Å². The molecular formula is C12H16ClNO4S. The van der Waals surface area contributed by atoms with Crippen molar-refractivity contribution in [1.82, 2.24) is 4.72 Å². The molecule has 0 fully saturated rings. The zero-order valence-corrected chi connectivity index (χ0v) is 12.1. The number of esters is 1. The van der Waals surface area contributed by atoms with Gasteiger partial charge in [-0.1, -0.05) is 37.1 Å². The Morgan fingerprint density at radius 2 is 2.05 bits per heavy atom. The van der Waals surface area contributed by atoms with Gasteiger partial charge >= 0.3 is 5.97 Å². The van der Waals surface area contributed by atoms with E-state index in [2.05, 4.69) is 4.72 Å². The largest absolute Gasteiger partial charge is 0.465 e. The smallest absolute Gasteiger partial charge is 0.321 e. The summed E-state index contributed by atoms with van der Waals surface area (Å²) in [6.45, 7) is 1.86. The van der Waals surface area contributed by atoms with Crippen LogP contribution in [0.3, 0.4) is 0 Å². The van der Waals surface area contributed by atoms with E-state index < -0.39 is 22.5 Å². The summed E-state index contributed by atoms with van der Waals surface area (Å²) in [4.78, 5) is 11.2. The van der Waals surface area contributed by atoms with E-state index in [9.17, 15) is 13.2 Å². The Bertz CT molecular complexity index is 530. The van der Waals surface area contributed by atoms with Crippen LogP contribution in [0.1, 0.15) is 19.8 Å². The first kappa shape index (κ1) is 15.9. The minimum Gasteiger partial charge on any atom is -0.465 e. The van der Waals surface area contributed by atoms with Gasteiger partial charge in [0.1, 0.15) is 11.4 Å². The van der Waals surface area contributed by atoms with Crippen molar-refractivity contribution in [2.75, 3.05) is 13.2 Å². The number of hydrogen-bond acceptors (Lipinski definition) is 4. The van der Waals surface area contributed by atoms with E-state index in [1.165, 1.54) is 12.1 Å². The number of carbonyl (C=O) groups is 1. The van der Waals surface area contributed by atoms with Crippen LogP contribution in [0.4, 0.5) is 0 Å². The molecule has 0 saturated heterocycles. The molecular weight excluding hydrogens is 290 g/mol. The molecule has 0 unspecified atom stereocenters. The minimum atomic E-state index is -3.80. The second kappa shape index (κ2) is 7.47. The molecule has 1 aromatic carbocycles. The zero-order chi connectivity index (χ0) is 14.3. The first-order valence-corrected chi connectivity index (χ1v) is 7.73. The molecule has 0 saturated carbocycles. The average molecular weight is 306 g/mol. The number of hydrogen-bond donors (Lipinski definition) is 1. The topological polar surface area (TPSA) is 72.5 Å². The molecule has 0 aliphatic heterocycles. The van der Waals surface area contributed by atoms with Gasteiger partial charge in [-0.05, 0) is 18.6 Å². The number of halogens is 1. The fraction of sp³-hybridized carbons (Fsp3) is 0.417. The van der Waals surface area contributed by atoms with E-state index in [1.54, 1.807) is 12.1 Å². The monoisotopic (exact) mass is 305 g/mol. The summed E-state index contributed by atoms with van der Waals surface area (Å²) >= 11 is 5.79. The van der Waals surface area contributed by atoms with Crippen LogP contribution in [0, 0.1) is 0 Å². The molecule has 1 N–H and O–H groups in total. The molecule has 0 atom stereocenters. The van der Waals surface area contributed by atoms with Gasteiger partial charge in [0.2, 0.25) is 10.0 Å². The van der Waals surface area contributed by atoms with Crippen molar-refractivity contribution in [2.45, 2.75) is 24.7 Å². The summed E-state index contributed by atoms with van der Waals surface area (Å²) in [5.74, 6) is -0.607. The number of sulfonamides is 1. The Morgan fingerprint density at radius 3 is 2.68 bits per heavy atom. The highest BCUT2D eigenvalue weighted by Gasteiger charge is 2.18. The molecule has 0 heterocycles. The van der Waals surface area contributed by atoms with Gasteiger partial charge in [-0.2, -0.15) is 4.72 Å². The molecule has 0 aromatic heterocycles. The average Bonchev–Trinajstić information content (AvgIpc) is 2.37. The molecule has 0 aliphatic carbocycles. The van der Waals surface area contributed by atoms with Crippen molar-refractivity contribution in [3.8, 4) is 0 Å². The fourth-order valence-electron chi connectivity index (χ4n) is 1.28. The van der Waals surface area contributed by atoms with Gasteiger partial charge in [0.15, 0.2) is 0 Å². The third-order valence-corrected chi connectivity index (χ3v) is 4.19. The summed E-state index contributed by atoms with van der Waals surface area (Å²) in [6.07, 6.45) is 1.65. The van der Waals surface area contributed by atoms with Crippen LogP contribution < -0.4 is 4.72 Å². The van der Waals surface area contributed by atoms with E-state index in [0.29, 0.717) is 6.61 Å². The van der Waals surface area contributed by atoms with Crippen molar-refractivity contribution in [1.29, 1.82) is 0 Å². The maximum atomic E-state index is 11.9. The van der Waals surface area contributed by atoms with Crippen LogP contribution in [0.2, 0.25) is 5.02 Å². The molecule has 7 heteroatoms. The first-order valence-electron chi connectivity index (χ1n) is 5.87. The lowest BCUT2D eigenvalue weighted by atomic mass is 10.4. The highest BCUT2D eigenvalue weighted by Crippen LogP contribution is 2.19. The summed E-state index contributed by atoms with van der Waals surface area (Å²) in [6, 6.07) is 6.02. The molecule has 0 aliphatic rings. The van der Waals surface area contributed by atoms with Crippen LogP contribution in [-0.2, 0) is 19.6 Å². The van der Waals surface area contributed by atoms with E-state index in [-0.39, 0.29) is 9.92 Å². The van der Waals surface area contributed by atoms with Crippen molar-refractivity contribution in [3.05, 3.63) is 29.3 Å². The maximum absolute atomic E-state index is 11.9. The standard InChI is InChI=1S/C12H16ClNO4S/c1-2-3-8-18-12(15)9-14-19(16,17)11-7-5-4-6-10(11)13/h4-7,14H,2-3,8-9H2,1H3. The molecule has 0 spiro atoms. The number of ether oxygens (including phenoxy) is 1. The molecule has 106 valence electrons. The van der Waals surface area contributed by atoms with Crippen molar-refractivity contribution in [2.24, 2.45) is 0 Å². The summed E-state index contributed by atoms with van der Waals surface area (Å²) in [5, 5.41) is 0.106. The zero-order valence-electron chi connectivity index (χ0n) is 10.6. The lowest BCUT2D eigenvalue weighted by Crippen LogP contribution is -2.31. The van der Waals surface area contributed by atoms with Crippen molar-refractivity contribution in [3.63, 3.8) is 0 Å². The molecule has 5 nitrogen and oxygen atoms in total. The van der Waals surface area contributed by atoms with Crippen LogP contribution >= 0.6 is 11.6 Å². The fourth-order valence-corrected chi connectivity index (χ4v) is 2.76. The maximum Gasteiger partial charge on any atom is 0.321 e. The van der Waals surface area contributed by atoms with E-state index >= 15 is 0 Å². The SMILES string of the molecule is CCCCOC(=O)CNS(=O)(=O)c1ccccc1Cl. The van der Waals surface area contributed by atoms with Crippen LogP contribution in [0.5, 0.6) is 0 Å². The van der Waals surface area contributed by atoms with Crippen LogP contribution in [0.25, 0.3) is 0 Å². The lowest BCUT2D eigenvalue weighted by molar-refractivity contribution is -0.142. The molecule has 0 amide bonds. The Kier molecular flexibility index (Phi) is 6.27. The minimum absolute atomic E-state index is 0.0574. The first-order chi connectivity index (χ1) is 8.97. The third kappa shape index (κ3) is 5.18. The lowest BCUT2D eigenvalue weighted by Gasteiger charge is -2.08. The van der Waals surface area contributed by atoms with Crippen molar-refractivity contribution >= 4 is 27.6 Å². The Hall–Kier alpha value is -1.11. The quantitative estimate of drug-likeness (QED) is 0.617. The van der Waals surface area contributed by atoms with Gasteiger partial charge in [0, 0.05) is 0 Å². The van der Waals surface area contributed by atoms with Gasteiger partial charge < -0.3 is 4.74 Å². The summed E-state index contributed by atoms with van der Waals surface area (Å²) in [5.41, 5.74) is 0. The van der Waals surface area contributed by atoms with E-state index in [4.69, 9.17) is 16.3 Å². The third-order valence-electron chi connectivity index (χ3n) is 2.29. The molecule has 19 heavy (non-hydrogen) atoms. The number of benzene rings is 1. The second-order valence-electron chi connectivity index (χ2n) is 3.83. The van der Waals surface area contributed by atoms with Crippen LogP contribution in [-0.4, -0.2) is 27.5 Å². The number of unbranched alkanes of at least 4 members (excludes halogenated alkanes) is 1. The van der Waals surface area contributed by atoms with E-state index in [0.717, 1.165) is 12.8 Å². The normalized spacial score (nSPS) is 11.3. The van der Waals surface area contributed by atoms with Gasteiger partial charge in [-0.25, -0.2) is 8.42 Å². The Labute approximate surface area is 118 Å². The van der Waals surface area contributed by atoms with Crippen LogP contribution in [0.15, 0.2) is 29.2 Å². The number of nitrogens with one attached hydrogen (secondary N) is 1. The highest BCUT2D eigenvalue weighted by atomic mass is 35.5. The molecule has 0 bridgehead atoms. The van der Waals surface area contributed by atoms with Gasteiger partial charge in [-0.3, -0.25) is 4.79 Å². The number of rotatable bonds is 7.